The van der Waals surface area contributed by atoms with Crippen LogP contribution in [0.3, 0.4) is 0 Å². The largest absolute Gasteiger partial charge is 0.496 e. The maximum Gasteiger partial charge on any atom is 0.257 e. The SMILES string of the molecule is COc1ccc2ccccc2c1-c1csc(NC(=O)c2ccc(S(=O)(=O)N3CCCCC3)cc2)n1. The lowest BCUT2D eigenvalue weighted by Crippen LogP contribution is -2.35. The van der Waals surface area contributed by atoms with Gasteiger partial charge >= 0.3 is 0 Å². The van der Waals surface area contributed by atoms with Gasteiger partial charge in [0.2, 0.25) is 10.0 Å². The molecule has 180 valence electrons. The first-order valence-electron chi connectivity index (χ1n) is 11.4. The average Bonchev–Trinajstić information content (AvgIpc) is 3.36. The highest BCUT2D eigenvalue weighted by molar-refractivity contribution is 7.89. The van der Waals surface area contributed by atoms with Crippen LogP contribution in [0.1, 0.15) is 29.6 Å². The minimum absolute atomic E-state index is 0.204. The van der Waals surface area contributed by atoms with Crippen LogP contribution in [-0.4, -0.2) is 43.8 Å². The Bertz CT molecular complexity index is 1470. The van der Waals surface area contributed by atoms with E-state index in [1.165, 1.54) is 39.9 Å². The Balaban J connectivity index is 1.35. The van der Waals surface area contributed by atoms with Crippen LogP contribution < -0.4 is 10.1 Å². The number of piperidine rings is 1. The molecule has 2 heterocycles. The van der Waals surface area contributed by atoms with Crippen LogP contribution in [0.5, 0.6) is 5.75 Å². The summed E-state index contributed by atoms with van der Waals surface area (Å²) < 4.78 is 32.8. The molecule has 7 nitrogen and oxygen atoms in total. The maximum atomic E-state index is 12.8. The number of hydrogen-bond donors (Lipinski definition) is 1. The summed E-state index contributed by atoms with van der Waals surface area (Å²) in [6, 6.07) is 18.0. The van der Waals surface area contributed by atoms with E-state index in [1.807, 2.05) is 41.8 Å². The molecular weight excluding hydrogens is 482 g/mol. The molecule has 5 rings (SSSR count). The molecule has 0 saturated carbocycles. The molecule has 35 heavy (non-hydrogen) atoms. The van der Waals surface area contributed by atoms with Crippen LogP contribution in [-0.2, 0) is 10.0 Å². The number of nitrogens with zero attached hydrogens (tertiary/aromatic N) is 2. The van der Waals surface area contributed by atoms with Gasteiger partial charge in [-0.2, -0.15) is 4.31 Å². The van der Waals surface area contributed by atoms with E-state index in [9.17, 15) is 13.2 Å². The van der Waals surface area contributed by atoms with Crippen molar-refractivity contribution < 1.29 is 17.9 Å². The number of nitrogens with one attached hydrogen (secondary N) is 1. The molecule has 1 aliphatic rings. The molecule has 0 spiro atoms. The van der Waals surface area contributed by atoms with E-state index in [1.54, 1.807) is 7.11 Å². The summed E-state index contributed by atoms with van der Waals surface area (Å²) in [5, 5.41) is 7.24. The zero-order chi connectivity index (χ0) is 24.4. The Hall–Kier alpha value is -3.27. The number of sulfonamides is 1. The average molecular weight is 508 g/mol. The van der Waals surface area contributed by atoms with Crippen molar-refractivity contribution in [2.45, 2.75) is 24.2 Å². The van der Waals surface area contributed by atoms with Gasteiger partial charge in [-0.1, -0.05) is 36.8 Å². The van der Waals surface area contributed by atoms with E-state index in [0.29, 0.717) is 35.2 Å². The van der Waals surface area contributed by atoms with Crippen molar-refractivity contribution in [3.8, 4) is 17.0 Å². The molecule has 1 aromatic heterocycles. The van der Waals surface area contributed by atoms with Gasteiger partial charge in [0, 0.05) is 24.0 Å². The molecule has 0 aliphatic carbocycles. The van der Waals surface area contributed by atoms with Crippen LogP contribution in [0.2, 0.25) is 0 Å². The number of thiazole rings is 1. The summed E-state index contributed by atoms with van der Waals surface area (Å²) in [4.78, 5) is 17.7. The third kappa shape index (κ3) is 4.67. The molecule has 1 saturated heterocycles. The molecule has 0 bridgehead atoms. The molecule has 0 atom stereocenters. The normalized spacial score (nSPS) is 14.7. The van der Waals surface area contributed by atoms with Gasteiger partial charge in [0.1, 0.15) is 5.75 Å². The van der Waals surface area contributed by atoms with E-state index in [2.05, 4.69) is 10.3 Å². The number of anilines is 1. The molecule has 1 amide bonds. The molecule has 4 aromatic rings. The first-order valence-corrected chi connectivity index (χ1v) is 13.7. The predicted octanol–water partition coefficient (Wildman–Crippen LogP) is 5.40. The van der Waals surface area contributed by atoms with Gasteiger partial charge in [-0.25, -0.2) is 13.4 Å². The Labute approximate surface area is 208 Å². The van der Waals surface area contributed by atoms with Crippen LogP contribution in [0.4, 0.5) is 5.13 Å². The van der Waals surface area contributed by atoms with Gasteiger partial charge in [-0.3, -0.25) is 10.1 Å². The van der Waals surface area contributed by atoms with Crippen molar-refractivity contribution in [3.05, 3.63) is 71.6 Å². The number of rotatable bonds is 6. The molecular formula is C26H25N3O4S2. The van der Waals surface area contributed by atoms with Gasteiger partial charge in [-0.15, -0.1) is 11.3 Å². The second-order valence-corrected chi connectivity index (χ2v) is 11.1. The second-order valence-electron chi connectivity index (χ2n) is 8.35. The number of amides is 1. The minimum atomic E-state index is -3.54. The molecule has 1 N–H and O–H groups in total. The third-order valence-corrected chi connectivity index (χ3v) is 8.83. The quantitative estimate of drug-likeness (QED) is 0.378. The highest BCUT2D eigenvalue weighted by Crippen LogP contribution is 2.38. The van der Waals surface area contributed by atoms with Gasteiger partial charge in [0.25, 0.3) is 5.91 Å². The van der Waals surface area contributed by atoms with Gasteiger partial charge in [0.15, 0.2) is 5.13 Å². The monoisotopic (exact) mass is 507 g/mol. The van der Waals surface area contributed by atoms with Crippen molar-refractivity contribution in [1.82, 2.24) is 9.29 Å². The van der Waals surface area contributed by atoms with E-state index in [-0.39, 0.29) is 10.8 Å². The lowest BCUT2D eigenvalue weighted by atomic mass is 10.0. The number of carbonyl (C=O) groups excluding carboxylic acids is 1. The molecule has 0 radical (unpaired) electrons. The van der Waals surface area contributed by atoms with E-state index < -0.39 is 10.0 Å². The minimum Gasteiger partial charge on any atom is -0.496 e. The standard InChI is InChI=1S/C26H25N3O4S2/c1-33-23-14-11-18-7-3-4-8-21(18)24(23)22-17-34-26(27-22)28-25(30)19-9-12-20(13-10-19)35(31,32)29-15-5-2-6-16-29/h3-4,7-14,17H,2,5-6,15-16H2,1H3,(H,27,28,30). The molecule has 9 heteroatoms. The van der Waals surface area contributed by atoms with Crippen molar-refractivity contribution in [3.63, 3.8) is 0 Å². The summed E-state index contributed by atoms with van der Waals surface area (Å²) in [6.45, 7) is 1.08. The van der Waals surface area contributed by atoms with E-state index in [4.69, 9.17) is 4.74 Å². The van der Waals surface area contributed by atoms with Crippen LogP contribution in [0.25, 0.3) is 22.0 Å². The first-order chi connectivity index (χ1) is 17.0. The number of carbonyl (C=O) groups is 1. The molecule has 3 aromatic carbocycles. The highest BCUT2D eigenvalue weighted by Gasteiger charge is 2.26. The summed E-state index contributed by atoms with van der Waals surface area (Å²) in [6.07, 6.45) is 2.80. The number of hydrogen-bond acceptors (Lipinski definition) is 6. The number of ether oxygens (including phenoxy) is 1. The Morgan fingerprint density at radius 3 is 2.49 bits per heavy atom. The van der Waals surface area contributed by atoms with Crippen LogP contribution >= 0.6 is 11.3 Å². The van der Waals surface area contributed by atoms with Gasteiger partial charge < -0.3 is 4.74 Å². The van der Waals surface area contributed by atoms with E-state index >= 15 is 0 Å². The van der Waals surface area contributed by atoms with Crippen LogP contribution in [0, 0.1) is 0 Å². The lowest BCUT2D eigenvalue weighted by molar-refractivity contribution is 0.102. The maximum absolute atomic E-state index is 12.8. The van der Waals surface area contributed by atoms with Gasteiger partial charge in [-0.05, 0) is 53.9 Å². The lowest BCUT2D eigenvalue weighted by Gasteiger charge is -2.25. The van der Waals surface area contributed by atoms with E-state index in [0.717, 1.165) is 35.6 Å². The molecule has 0 unspecified atom stereocenters. The summed E-state index contributed by atoms with van der Waals surface area (Å²) in [5.41, 5.74) is 1.94. The molecule has 1 fully saturated rings. The predicted molar refractivity (Wildman–Crippen MR) is 139 cm³/mol. The summed E-state index contributed by atoms with van der Waals surface area (Å²) in [5.74, 6) is 0.357. The summed E-state index contributed by atoms with van der Waals surface area (Å²) >= 11 is 1.32. The number of benzene rings is 3. The fourth-order valence-electron chi connectivity index (χ4n) is 4.33. The topological polar surface area (TPSA) is 88.6 Å². The zero-order valence-electron chi connectivity index (χ0n) is 19.2. The summed E-state index contributed by atoms with van der Waals surface area (Å²) in [7, 11) is -1.91. The fourth-order valence-corrected chi connectivity index (χ4v) is 6.55. The number of methoxy groups -OCH3 is 1. The van der Waals surface area contributed by atoms with Crippen molar-refractivity contribution in [2.24, 2.45) is 0 Å². The second kappa shape index (κ2) is 9.77. The zero-order valence-corrected chi connectivity index (χ0v) is 20.9. The first kappa shape index (κ1) is 23.5. The molecule has 1 aliphatic heterocycles. The van der Waals surface area contributed by atoms with Crippen LogP contribution in [0.15, 0.2) is 70.9 Å². The Kier molecular flexibility index (Phi) is 6.55. The van der Waals surface area contributed by atoms with Crippen molar-refractivity contribution in [2.75, 3.05) is 25.5 Å². The Morgan fingerprint density at radius 2 is 1.74 bits per heavy atom. The third-order valence-electron chi connectivity index (χ3n) is 6.16. The number of aromatic nitrogens is 1. The van der Waals surface area contributed by atoms with Crippen molar-refractivity contribution in [1.29, 1.82) is 0 Å². The smallest absolute Gasteiger partial charge is 0.257 e. The fraction of sp³-hybridized carbons (Fsp3) is 0.231. The van der Waals surface area contributed by atoms with Crippen molar-refractivity contribution >= 4 is 43.2 Å². The number of fused-ring (bicyclic) bond motifs is 1. The highest BCUT2D eigenvalue weighted by atomic mass is 32.2. The van der Waals surface area contributed by atoms with Gasteiger partial charge in [0.05, 0.1) is 23.3 Å². The Morgan fingerprint density at radius 1 is 1.00 bits per heavy atom.